The van der Waals surface area contributed by atoms with Crippen LogP contribution in [0.1, 0.15) is 50.8 Å². The third kappa shape index (κ3) is 3.70. The van der Waals surface area contributed by atoms with Crippen molar-refractivity contribution in [2.45, 2.75) is 56.9 Å². The van der Waals surface area contributed by atoms with E-state index in [1.54, 1.807) is 6.20 Å². The summed E-state index contributed by atoms with van der Waals surface area (Å²) in [6, 6.07) is 1.64. The summed E-state index contributed by atoms with van der Waals surface area (Å²) in [7, 11) is -3.82. The van der Waals surface area contributed by atoms with Gasteiger partial charge in [0, 0.05) is 44.1 Å². The molecule has 4 heterocycles. The third-order valence-corrected chi connectivity index (χ3v) is 8.30. The Hall–Kier alpha value is -2.18. The number of hydrogen-bond donors (Lipinski definition) is 2. The van der Waals surface area contributed by atoms with Gasteiger partial charge >= 0.3 is 0 Å². The van der Waals surface area contributed by atoms with E-state index in [4.69, 9.17) is 0 Å². The summed E-state index contributed by atoms with van der Waals surface area (Å²) in [6.45, 7) is 1.75. The predicted molar refractivity (Wildman–Crippen MR) is 110 cm³/mol. The van der Waals surface area contributed by atoms with Crippen molar-refractivity contribution in [3.8, 4) is 0 Å². The predicted octanol–water partition coefficient (Wildman–Crippen LogP) is 2.44. The van der Waals surface area contributed by atoms with E-state index in [0.717, 1.165) is 27.7 Å². The summed E-state index contributed by atoms with van der Waals surface area (Å²) in [4.78, 5) is 7.43. The number of halogens is 2. The molecule has 2 aliphatic rings. The fourth-order valence-electron chi connectivity index (χ4n) is 4.97. The Labute approximate surface area is 178 Å². The molecule has 0 bridgehead atoms. The second-order valence-electron chi connectivity index (χ2n) is 8.54. The highest BCUT2D eigenvalue weighted by Crippen LogP contribution is 2.42. The normalized spacial score (nSPS) is 27.4. The molecule has 3 atom stereocenters. The molecule has 1 saturated heterocycles. The molecule has 1 unspecified atom stereocenters. The Balaban J connectivity index is 1.38. The van der Waals surface area contributed by atoms with Gasteiger partial charge in [0.2, 0.25) is 0 Å². The molecule has 1 saturated carbocycles. The zero-order valence-corrected chi connectivity index (χ0v) is 17.9. The SMILES string of the molecule is CC[C@@H]1C[C@H](NS(=O)(=O)N2CCC(F)(F)CC2)CC1c1nnc2cnc3[nH]ccc3n12. The van der Waals surface area contributed by atoms with Crippen LogP contribution in [0.15, 0.2) is 18.5 Å². The average Bonchev–Trinajstić information content (AvgIpc) is 3.43. The molecule has 9 nitrogen and oxygen atoms in total. The Morgan fingerprint density at radius 3 is 2.77 bits per heavy atom. The Morgan fingerprint density at radius 1 is 1.26 bits per heavy atom. The fraction of sp³-hybridized carbons (Fsp3) is 0.632. The Bertz CT molecular complexity index is 1200. The van der Waals surface area contributed by atoms with Gasteiger partial charge in [0.1, 0.15) is 5.82 Å². The average molecular weight is 454 g/mol. The zero-order valence-electron chi connectivity index (χ0n) is 17.1. The lowest BCUT2D eigenvalue weighted by Crippen LogP contribution is -2.49. The van der Waals surface area contributed by atoms with Gasteiger partial charge in [-0.3, -0.25) is 4.40 Å². The van der Waals surface area contributed by atoms with E-state index in [1.807, 2.05) is 16.7 Å². The van der Waals surface area contributed by atoms with Gasteiger partial charge in [-0.05, 0) is 24.8 Å². The highest BCUT2D eigenvalue weighted by atomic mass is 32.2. The van der Waals surface area contributed by atoms with Crippen LogP contribution in [0.5, 0.6) is 0 Å². The van der Waals surface area contributed by atoms with Crippen molar-refractivity contribution in [2.75, 3.05) is 13.1 Å². The first-order chi connectivity index (χ1) is 14.8. The molecule has 12 heteroatoms. The number of hydrogen-bond acceptors (Lipinski definition) is 5. The summed E-state index contributed by atoms with van der Waals surface area (Å²) in [6.07, 6.45) is 4.71. The number of nitrogens with zero attached hydrogens (tertiary/aromatic N) is 5. The van der Waals surface area contributed by atoms with Gasteiger partial charge < -0.3 is 4.98 Å². The van der Waals surface area contributed by atoms with Crippen molar-refractivity contribution in [1.82, 2.24) is 33.6 Å². The monoisotopic (exact) mass is 453 g/mol. The molecule has 2 N–H and O–H groups in total. The number of nitrogens with one attached hydrogen (secondary N) is 2. The van der Waals surface area contributed by atoms with Crippen molar-refractivity contribution < 1.29 is 17.2 Å². The van der Waals surface area contributed by atoms with Crippen LogP contribution in [0.2, 0.25) is 0 Å². The molecular weight excluding hydrogens is 428 g/mol. The number of H-pyrrole nitrogens is 1. The van der Waals surface area contributed by atoms with Crippen molar-refractivity contribution in [3.05, 3.63) is 24.3 Å². The number of alkyl halides is 2. The van der Waals surface area contributed by atoms with Gasteiger partial charge in [-0.2, -0.15) is 17.4 Å². The Kier molecular flexibility index (Phi) is 4.98. The standard InChI is InChI=1S/C19H25F2N7O2S/c1-2-12-9-13(26-31(29,30)27-7-4-19(20,21)5-8-27)10-14(12)18-25-24-16-11-23-17-15(28(16)18)3-6-22-17/h3,6,11-14,22,26H,2,4-5,7-10H2,1H3/t12-,13+,14?/m1/s1. The molecule has 3 aromatic rings. The van der Waals surface area contributed by atoms with Crippen LogP contribution in [0.3, 0.4) is 0 Å². The molecular formula is C19H25F2N7O2S. The second-order valence-corrected chi connectivity index (χ2v) is 10.2. The van der Waals surface area contributed by atoms with Crippen LogP contribution in [-0.2, 0) is 10.2 Å². The lowest BCUT2D eigenvalue weighted by molar-refractivity contribution is -0.0413. The zero-order chi connectivity index (χ0) is 21.8. The molecule has 2 fully saturated rings. The van der Waals surface area contributed by atoms with Crippen molar-refractivity contribution >= 4 is 27.0 Å². The molecule has 3 aromatic heterocycles. The number of aromatic amines is 1. The van der Waals surface area contributed by atoms with E-state index >= 15 is 0 Å². The number of rotatable bonds is 5. The number of piperidine rings is 1. The van der Waals surface area contributed by atoms with Crippen LogP contribution in [0.25, 0.3) is 16.8 Å². The largest absolute Gasteiger partial charge is 0.345 e. The van der Waals surface area contributed by atoms with E-state index < -0.39 is 29.0 Å². The molecule has 0 radical (unpaired) electrons. The van der Waals surface area contributed by atoms with Gasteiger partial charge in [0.15, 0.2) is 11.3 Å². The van der Waals surface area contributed by atoms with Gasteiger partial charge in [-0.25, -0.2) is 13.8 Å². The lowest BCUT2D eigenvalue weighted by atomic mass is 9.93. The first kappa shape index (κ1) is 20.7. The van der Waals surface area contributed by atoms with E-state index in [0.29, 0.717) is 18.5 Å². The molecule has 0 aromatic carbocycles. The summed E-state index contributed by atoms with van der Waals surface area (Å²) >= 11 is 0. The smallest absolute Gasteiger partial charge is 0.279 e. The number of fused-ring (bicyclic) bond motifs is 3. The minimum Gasteiger partial charge on any atom is -0.345 e. The van der Waals surface area contributed by atoms with Crippen molar-refractivity contribution in [3.63, 3.8) is 0 Å². The van der Waals surface area contributed by atoms with Crippen LogP contribution < -0.4 is 4.72 Å². The lowest BCUT2D eigenvalue weighted by Gasteiger charge is -2.31. The van der Waals surface area contributed by atoms with E-state index in [1.165, 1.54) is 0 Å². The highest BCUT2D eigenvalue weighted by Gasteiger charge is 2.42. The molecule has 0 spiro atoms. The van der Waals surface area contributed by atoms with Crippen molar-refractivity contribution in [1.29, 1.82) is 0 Å². The van der Waals surface area contributed by atoms with Crippen LogP contribution >= 0.6 is 0 Å². The van der Waals surface area contributed by atoms with Crippen molar-refractivity contribution in [2.24, 2.45) is 5.92 Å². The second kappa shape index (κ2) is 7.45. The highest BCUT2D eigenvalue weighted by molar-refractivity contribution is 7.87. The van der Waals surface area contributed by atoms with E-state index in [2.05, 4.69) is 31.8 Å². The van der Waals surface area contributed by atoms with Crippen LogP contribution in [0.4, 0.5) is 8.78 Å². The molecule has 0 amide bonds. The van der Waals surface area contributed by atoms with Gasteiger partial charge in [-0.15, -0.1) is 10.2 Å². The summed E-state index contributed by atoms with van der Waals surface area (Å²) in [5.74, 6) is -1.73. The summed E-state index contributed by atoms with van der Waals surface area (Å²) in [5.41, 5.74) is 2.26. The maximum atomic E-state index is 13.4. The molecule has 5 rings (SSSR count). The molecule has 31 heavy (non-hydrogen) atoms. The first-order valence-corrected chi connectivity index (χ1v) is 12.0. The third-order valence-electron chi connectivity index (χ3n) is 6.63. The quantitative estimate of drug-likeness (QED) is 0.617. The minimum absolute atomic E-state index is 0.0267. The van der Waals surface area contributed by atoms with Gasteiger partial charge in [-0.1, -0.05) is 13.3 Å². The van der Waals surface area contributed by atoms with E-state index in [-0.39, 0.29) is 31.0 Å². The van der Waals surface area contributed by atoms with Gasteiger partial charge in [0.25, 0.3) is 16.1 Å². The topological polar surface area (TPSA) is 108 Å². The summed E-state index contributed by atoms with van der Waals surface area (Å²) in [5, 5.41) is 8.70. The minimum atomic E-state index is -3.82. The van der Waals surface area contributed by atoms with Crippen LogP contribution in [-0.4, -0.2) is 62.3 Å². The van der Waals surface area contributed by atoms with Gasteiger partial charge in [0.05, 0.1) is 11.7 Å². The summed E-state index contributed by atoms with van der Waals surface area (Å²) < 4.78 is 58.4. The maximum absolute atomic E-state index is 13.4. The molecule has 1 aliphatic carbocycles. The first-order valence-electron chi connectivity index (χ1n) is 10.6. The van der Waals surface area contributed by atoms with Crippen LogP contribution in [0, 0.1) is 5.92 Å². The maximum Gasteiger partial charge on any atom is 0.279 e. The fourth-order valence-corrected chi connectivity index (χ4v) is 6.39. The number of aromatic nitrogens is 5. The van der Waals surface area contributed by atoms with E-state index in [9.17, 15) is 17.2 Å². The molecule has 1 aliphatic heterocycles. The Morgan fingerprint density at radius 2 is 2.03 bits per heavy atom. The molecule has 168 valence electrons.